The van der Waals surface area contributed by atoms with Gasteiger partial charge in [0.15, 0.2) is 5.79 Å². The average molecular weight is 185 g/mol. The summed E-state index contributed by atoms with van der Waals surface area (Å²) in [5.74, 6) is -0.358. The molecule has 0 radical (unpaired) electrons. The van der Waals surface area contributed by atoms with Crippen LogP contribution in [0.4, 0.5) is 0 Å². The minimum absolute atomic E-state index is 0.358. The van der Waals surface area contributed by atoms with Gasteiger partial charge >= 0.3 is 0 Å². The molecule has 0 aromatic heterocycles. The van der Waals surface area contributed by atoms with Crippen LogP contribution in [0.15, 0.2) is 12.1 Å². The summed E-state index contributed by atoms with van der Waals surface area (Å²) >= 11 is 0. The molecule has 1 rings (SSSR count). The van der Waals surface area contributed by atoms with E-state index in [2.05, 4.69) is 13.8 Å². The van der Waals surface area contributed by atoms with Gasteiger partial charge in [-0.1, -0.05) is 26.0 Å². The van der Waals surface area contributed by atoms with Gasteiger partial charge in [-0.15, -0.1) is 0 Å². The Morgan fingerprint density at radius 1 is 1.46 bits per heavy atom. The highest BCUT2D eigenvalue weighted by Gasteiger charge is 2.33. The fourth-order valence-electron chi connectivity index (χ4n) is 1.55. The third kappa shape index (κ3) is 2.82. The molecule has 1 saturated heterocycles. The Morgan fingerprint density at radius 2 is 2.15 bits per heavy atom. The second-order valence-electron chi connectivity index (χ2n) is 3.47. The molecule has 0 atom stereocenters. The van der Waals surface area contributed by atoms with Crippen molar-refractivity contribution in [3.8, 4) is 0 Å². The number of rotatable bonds is 5. The molecular weight excluding hydrogens is 164 g/mol. The number of hydrogen-bond acceptors (Lipinski definition) is 2. The van der Waals surface area contributed by atoms with E-state index in [0.29, 0.717) is 13.2 Å². The van der Waals surface area contributed by atoms with E-state index in [4.69, 9.17) is 10.8 Å². The molecule has 0 aromatic carbocycles. The molecule has 1 aliphatic heterocycles. The molecule has 0 aliphatic carbocycles. The minimum atomic E-state index is -0.358. The summed E-state index contributed by atoms with van der Waals surface area (Å²) in [5, 5.41) is 0. The maximum absolute atomic E-state index is 7.21. The van der Waals surface area contributed by atoms with Crippen molar-refractivity contribution in [1.82, 2.24) is 0 Å². The Balaban J connectivity index is 2.41. The highest BCUT2D eigenvalue weighted by molar-refractivity contribution is 4.94. The van der Waals surface area contributed by atoms with E-state index in [1.807, 2.05) is 0 Å². The van der Waals surface area contributed by atoms with Crippen molar-refractivity contribution in [3.05, 3.63) is 12.1 Å². The first-order chi connectivity index (χ1) is 6.76. The Morgan fingerprint density at radius 3 is 2.62 bits per heavy atom. The van der Waals surface area contributed by atoms with E-state index in [1.54, 1.807) is 0 Å². The van der Waals surface area contributed by atoms with Crippen LogP contribution in [-0.4, -0.2) is 19.0 Å². The SMILES string of the molecule is [2H]C=C(CC)CCC1(CC)OCCO1. The van der Waals surface area contributed by atoms with E-state index < -0.39 is 0 Å². The van der Waals surface area contributed by atoms with Crippen molar-refractivity contribution >= 4 is 0 Å². The first kappa shape index (κ1) is 9.22. The molecular formula is C11H20O2. The largest absolute Gasteiger partial charge is 0.348 e. The van der Waals surface area contributed by atoms with Crippen LogP contribution in [0.5, 0.6) is 0 Å². The summed E-state index contributed by atoms with van der Waals surface area (Å²) < 4.78 is 18.4. The molecule has 76 valence electrons. The van der Waals surface area contributed by atoms with Gasteiger partial charge in [0, 0.05) is 6.42 Å². The maximum atomic E-state index is 7.21. The van der Waals surface area contributed by atoms with Crippen molar-refractivity contribution in [2.24, 2.45) is 0 Å². The standard InChI is InChI=1S/C11H20O2/c1-4-10(3)6-7-11(5-2)12-8-9-13-11/h3-9H2,1-2H3/i3D. The van der Waals surface area contributed by atoms with Crippen molar-refractivity contribution in [1.29, 1.82) is 0 Å². The second-order valence-corrected chi connectivity index (χ2v) is 3.47. The van der Waals surface area contributed by atoms with E-state index in [-0.39, 0.29) is 5.79 Å². The molecule has 1 fully saturated rings. The maximum Gasteiger partial charge on any atom is 0.168 e. The second kappa shape index (κ2) is 4.77. The summed E-state index contributed by atoms with van der Waals surface area (Å²) in [6.45, 7) is 7.04. The molecule has 0 N–H and O–H groups in total. The summed E-state index contributed by atoms with van der Waals surface area (Å²) in [6, 6.07) is 0. The quantitative estimate of drug-likeness (QED) is 0.613. The lowest BCUT2D eigenvalue weighted by atomic mass is 10.0. The van der Waals surface area contributed by atoms with Crippen molar-refractivity contribution < 1.29 is 10.8 Å². The molecule has 0 saturated carbocycles. The van der Waals surface area contributed by atoms with Gasteiger partial charge in [-0.05, 0) is 19.3 Å². The predicted molar refractivity (Wildman–Crippen MR) is 53.6 cm³/mol. The van der Waals surface area contributed by atoms with Crippen molar-refractivity contribution in [2.45, 2.75) is 45.3 Å². The summed E-state index contributed by atoms with van der Waals surface area (Å²) in [7, 11) is 0. The highest BCUT2D eigenvalue weighted by atomic mass is 16.7. The van der Waals surface area contributed by atoms with Crippen LogP contribution in [0.1, 0.15) is 40.9 Å². The Hall–Kier alpha value is -0.340. The Kier molecular flexibility index (Phi) is 3.39. The van der Waals surface area contributed by atoms with Gasteiger partial charge in [0.1, 0.15) is 0 Å². The lowest BCUT2D eigenvalue weighted by molar-refractivity contribution is -0.163. The lowest BCUT2D eigenvalue weighted by Gasteiger charge is -2.26. The fourth-order valence-corrected chi connectivity index (χ4v) is 1.55. The first-order valence-corrected chi connectivity index (χ1v) is 5.10. The Labute approximate surface area is 82.3 Å². The van der Waals surface area contributed by atoms with Crippen LogP contribution in [0.2, 0.25) is 0 Å². The van der Waals surface area contributed by atoms with E-state index in [9.17, 15) is 0 Å². The molecule has 0 aromatic rings. The topological polar surface area (TPSA) is 18.5 Å². The van der Waals surface area contributed by atoms with E-state index in [0.717, 1.165) is 31.3 Å². The first-order valence-electron chi connectivity index (χ1n) is 5.68. The van der Waals surface area contributed by atoms with Gasteiger partial charge in [-0.2, -0.15) is 0 Å². The molecule has 0 spiro atoms. The van der Waals surface area contributed by atoms with Crippen LogP contribution < -0.4 is 0 Å². The van der Waals surface area contributed by atoms with Crippen molar-refractivity contribution in [2.75, 3.05) is 13.2 Å². The van der Waals surface area contributed by atoms with Crippen LogP contribution in [0, 0.1) is 0 Å². The molecule has 0 bridgehead atoms. The van der Waals surface area contributed by atoms with Crippen LogP contribution >= 0.6 is 0 Å². The zero-order chi connectivity index (χ0) is 10.4. The molecule has 1 aliphatic rings. The molecule has 2 nitrogen and oxygen atoms in total. The zero-order valence-electron chi connectivity index (χ0n) is 9.64. The fraction of sp³-hybridized carbons (Fsp3) is 0.818. The van der Waals surface area contributed by atoms with Gasteiger partial charge in [0.05, 0.1) is 14.6 Å². The minimum Gasteiger partial charge on any atom is -0.348 e. The number of hydrogen-bond donors (Lipinski definition) is 0. The smallest absolute Gasteiger partial charge is 0.168 e. The normalized spacial score (nSPS) is 23.2. The van der Waals surface area contributed by atoms with Crippen molar-refractivity contribution in [3.63, 3.8) is 0 Å². The van der Waals surface area contributed by atoms with Gasteiger partial charge in [-0.25, -0.2) is 0 Å². The third-order valence-electron chi connectivity index (χ3n) is 2.63. The van der Waals surface area contributed by atoms with Crippen LogP contribution in [0.3, 0.4) is 0 Å². The third-order valence-corrected chi connectivity index (χ3v) is 2.63. The summed E-state index contributed by atoms with van der Waals surface area (Å²) in [5.41, 5.74) is 1.16. The van der Waals surface area contributed by atoms with E-state index >= 15 is 0 Å². The predicted octanol–water partition coefficient (Wildman–Crippen LogP) is 2.89. The van der Waals surface area contributed by atoms with Crippen LogP contribution in [0.25, 0.3) is 0 Å². The average Bonchev–Trinajstić information content (AvgIpc) is 2.69. The molecule has 13 heavy (non-hydrogen) atoms. The molecule has 1 heterocycles. The number of ether oxygens (including phenoxy) is 2. The van der Waals surface area contributed by atoms with Gasteiger partial charge in [0.2, 0.25) is 0 Å². The Bertz CT molecular complexity index is 195. The number of allylic oxidation sites excluding steroid dienone is 1. The summed E-state index contributed by atoms with van der Waals surface area (Å²) in [6.07, 6.45) is 3.63. The van der Waals surface area contributed by atoms with Crippen LogP contribution in [-0.2, 0) is 9.47 Å². The molecule has 0 amide bonds. The highest BCUT2D eigenvalue weighted by Crippen LogP contribution is 2.29. The molecule has 0 unspecified atom stereocenters. The van der Waals surface area contributed by atoms with Gasteiger partial charge in [0.25, 0.3) is 0 Å². The van der Waals surface area contributed by atoms with E-state index in [1.165, 1.54) is 6.55 Å². The molecule has 2 heteroatoms. The lowest BCUT2D eigenvalue weighted by Crippen LogP contribution is -2.28. The zero-order valence-corrected chi connectivity index (χ0v) is 8.64. The van der Waals surface area contributed by atoms with Gasteiger partial charge in [-0.3, -0.25) is 0 Å². The van der Waals surface area contributed by atoms with Gasteiger partial charge < -0.3 is 9.47 Å². The summed E-state index contributed by atoms with van der Waals surface area (Å²) in [4.78, 5) is 0. The monoisotopic (exact) mass is 185 g/mol.